The molecule has 2 rings (SSSR count). The lowest BCUT2D eigenvalue weighted by Gasteiger charge is -2.27. The van der Waals surface area contributed by atoms with Crippen LogP contribution in [-0.4, -0.2) is 27.3 Å². The van der Waals surface area contributed by atoms with Crippen molar-refractivity contribution in [1.82, 2.24) is 0 Å². The zero-order valence-corrected chi connectivity index (χ0v) is 13.7. The topological polar surface area (TPSA) is 46.6 Å². The summed E-state index contributed by atoms with van der Waals surface area (Å²) in [6.45, 7) is 2.95. The van der Waals surface area contributed by atoms with Crippen LogP contribution in [0.3, 0.4) is 0 Å². The van der Waals surface area contributed by atoms with Crippen molar-refractivity contribution in [3.63, 3.8) is 0 Å². The first-order chi connectivity index (χ1) is 10.4. The Morgan fingerprint density at radius 2 is 1.55 bits per heavy atom. The lowest BCUT2D eigenvalue weighted by atomic mass is 10.2. The summed E-state index contributed by atoms with van der Waals surface area (Å²) in [5.41, 5.74) is 2.20. The van der Waals surface area contributed by atoms with Crippen LogP contribution < -0.4 is 4.90 Å². The molecule has 1 unspecified atom stereocenters. The molecule has 0 saturated carbocycles. The summed E-state index contributed by atoms with van der Waals surface area (Å²) >= 11 is 0. The predicted molar refractivity (Wildman–Crippen MR) is 89.3 cm³/mol. The van der Waals surface area contributed by atoms with E-state index in [0.717, 1.165) is 17.5 Å². The molecule has 0 radical (unpaired) electrons. The second kappa shape index (κ2) is 7.42. The first kappa shape index (κ1) is 16.5. The highest BCUT2D eigenvalue weighted by Gasteiger charge is 2.16. The minimum atomic E-state index is -3.45. The SMILES string of the molecule is CC(CN(Cc1ccccc1)c1ccccc1)OS(C)(=O)=O. The molecular formula is C17H21NO3S. The van der Waals surface area contributed by atoms with Crippen molar-refractivity contribution in [2.24, 2.45) is 0 Å². The Kier molecular flexibility index (Phi) is 5.57. The van der Waals surface area contributed by atoms with E-state index in [2.05, 4.69) is 17.0 Å². The van der Waals surface area contributed by atoms with Gasteiger partial charge in [-0.05, 0) is 24.6 Å². The highest BCUT2D eigenvalue weighted by atomic mass is 32.2. The summed E-state index contributed by atoms with van der Waals surface area (Å²) in [6.07, 6.45) is 0.659. The van der Waals surface area contributed by atoms with Gasteiger partial charge in [-0.2, -0.15) is 8.42 Å². The van der Waals surface area contributed by atoms with Crippen LogP contribution in [0.25, 0.3) is 0 Å². The van der Waals surface area contributed by atoms with Crippen molar-refractivity contribution in [1.29, 1.82) is 0 Å². The molecule has 5 heteroatoms. The largest absolute Gasteiger partial charge is 0.365 e. The van der Waals surface area contributed by atoms with Gasteiger partial charge in [-0.15, -0.1) is 0 Å². The molecule has 2 aromatic rings. The minimum absolute atomic E-state index is 0.418. The maximum absolute atomic E-state index is 11.3. The van der Waals surface area contributed by atoms with E-state index in [4.69, 9.17) is 4.18 Å². The highest BCUT2D eigenvalue weighted by molar-refractivity contribution is 7.86. The van der Waals surface area contributed by atoms with Crippen molar-refractivity contribution in [2.75, 3.05) is 17.7 Å². The van der Waals surface area contributed by atoms with Gasteiger partial charge in [0, 0.05) is 18.8 Å². The van der Waals surface area contributed by atoms with Gasteiger partial charge in [0.2, 0.25) is 0 Å². The van der Waals surface area contributed by atoms with Crippen molar-refractivity contribution in [2.45, 2.75) is 19.6 Å². The van der Waals surface area contributed by atoms with E-state index in [9.17, 15) is 8.42 Å². The molecule has 0 aliphatic rings. The van der Waals surface area contributed by atoms with E-state index in [1.54, 1.807) is 6.92 Å². The van der Waals surface area contributed by atoms with Gasteiger partial charge >= 0.3 is 0 Å². The Morgan fingerprint density at radius 1 is 1.00 bits per heavy atom. The molecule has 0 N–H and O–H groups in total. The number of hydrogen-bond acceptors (Lipinski definition) is 4. The average molecular weight is 319 g/mol. The number of benzene rings is 2. The predicted octanol–water partition coefficient (Wildman–Crippen LogP) is 3.06. The molecule has 0 aromatic heterocycles. The number of nitrogens with zero attached hydrogens (tertiary/aromatic N) is 1. The second-order valence-corrected chi connectivity index (χ2v) is 6.91. The lowest BCUT2D eigenvalue weighted by Crippen LogP contribution is -2.33. The minimum Gasteiger partial charge on any atom is -0.365 e. The first-order valence-corrected chi connectivity index (χ1v) is 8.98. The summed E-state index contributed by atoms with van der Waals surface area (Å²) in [6, 6.07) is 20.0. The van der Waals surface area contributed by atoms with Crippen LogP contribution in [0.1, 0.15) is 12.5 Å². The van der Waals surface area contributed by atoms with E-state index < -0.39 is 16.2 Å². The maximum Gasteiger partial charge on any atom is 0.264 e. The molecule has 2 aromatic carbocycles. The third-order valence-electron chi connectivity index (χ3n) is 3.15. The Hall–Kier alpha value is -1.85. The summed E-state index contributed by atoms with van der Waals surface area (Å²) in [5, 5.41) is 0. The Bertz CT molecular complexity index is 672. The van der Waals surface area contributed by atoms with Crippen molar-refractivity contribution < 1.29 is 12.6 Å². The molecule has 118 valence electrons. The van der Waals surface area contributed by atoms with Gasteiger partial charge in [-0.3, -0.25) is 4.18 Å². The van der Waals surface area contributed by atoms with E-state index in [0.29, 0.717) is 13.1 Å². The van der Waals surface area contributed by atoms with Crippen LogP contribution >= 0.6 is 0 Å². The van der Waals surface area contributed by atoms with Gasteiger partial charge < -0.3 is 4.90 Å². The summed E-state index contributed by atoms with van der Waals surface area (Å²) in [7, 11) is -3.45. The van der Waals surface area contributed by atoms with Gasteiger partial charge in [0.1, 0.15) is 0 Å². The third kappa shape index (κ3) is 5.50. The normalized spacial score (nSPS) is 12.8. The van der Waals surface area contributed by atoms with Crippen LogP contribution in [0.5, 0.6) is 0 Å². The number of hydrogen-bond donors (Lipinski definition) is 0. The summed E-state index contributed by atoms with van der Waals surface area (Å²) in [5.74, 6) is 0. The van der Waals surface area contributed by atoms with E-state index in [1.807, 2.05) is 48.5 Å². The van der Waals surface area contributed by atoms with Crippen molar-refractivity contribution >= 4 is 15.8 Å². The molecule has 0 spiro atoms. The van der Waals surface area contributed by atoms with Crippen molar-refractivity contribution in [3.05, 3.63) is 66.2 Å². The van der Waals surface area contributed by atoms with Gasteiger partial charge in [-0.1, -0.05) is 48.5 Å². The average Bonchev–Trinajstić information content (AvgIpc) is 2.47. The monoisotopic (exact) mass is 319 g/mol. The van der Waals surface area contributed by atoms with Gasteiger partial charge in [0.15, 0.2) is 0 Å². The van der Waals surface area contributed by atoms with Crippen LogP contribution in [-0.2, 0) is 20.8 Å². The van der Waals surface area contributed by atoms with Crippen LogP contribution in [0.15, 0.2) is 60.7 Å². The molecular weight excluding hydrogens is 298 g/mol. The Balaban J connectivity index is 2.15. The third-order valence-corrected chi connectivity index (χ3v) is 3.83. The smallest absolute Gasteiger partial charge is 0.264 e. The van der Waals surface area contributed by atoms with E-state index in [1.165, 1.54) is 0 Å². The fraction of sp³-hybridized carbons (Fsp3) is 0.294. The van der Waals surface area contributed by atoms with E-state index >= 15 is 0 Å². The zero-order chi connectivity index (χ0) is 16.0. The quantitative estimate of drug-likeness (QED) is 0.736. The molecule has 0 saturated heterocycles. The fourth-order valence-electron chi connectivity index (χ4n) is 2.34. The molecule has 1 atom stereocenters. The second-order valence-electron chi connectivity index (χ2n) is 5.31. The number of anilines is 1. The van der Waals surface area contributed by atoms with E-state index in [-0.39, 0.29) is 0 Å². The lowest BCUT2D eigenvalue weighted by molar-refractivity contribution is 0.235. The van der Waals surface area contributed by atoms with Crippen LogP contribution in [0, 0.1) is 0 Å². The number of para-hydroxylation sites is 1. The summed E-state index contributed by atoms with van der Waals surface area (Å²) < 4.78 is 27.6. The molecule has 0 fully saturated rings. The Labute approximate surface area is 132 Å². The van der Waals surface area contributed by atoms with Gasteiger partial charge in [0.25, 0.3) is 10.1 Å². The standard InChI is InChI=1S/C17H21NO3S/c1-15(21-22(2,19)20)13-18(17-11-7-4-8-12-17)14-16-9-5-3-6-10-16/h3-12,15H,13-14H2,1-2H3. The summed E-state index contributed by atoms with van der Waals surface area (Å²) in [4.78, 5) is 2.12. The molecule has 0 heterocycles. The zero-order valence-electron chi connectivity index (χ0n) is 12.8. The molecule has 0 aliphatic carbocycles. The van der Waals surface area contributed by atoms with Crippen molar-refractivity contribution in [3.8, 4) is 0 Å². The molecule has 4 nitrogen and oxygen atoms in total. The van der Waals surface area contributed by atoms with Gasteiger partial charge in [0.05, 0.1) is 12.4 Å². The van der Waals surface area contributed by atoms with Crippen LogP contribution in [0.4, 0.5) is 5.69 Å². The van der Waals surface area contributed by atoms with Crippen LogP contribution in [0.2, 0.25) is 0 Å². The fourth-order valence-corrected chi connectivity index (χ4v) is 3.00. The number of rotatable bonds is 7. The molecule has 0 aliphatic heterocycles. The van der Waals surface area contributed by atoms with Gasteiger partial charge in [-0.25, -0.2) is 0 Å². The molecule has 22 heavy (non-hydrogen) atoms. The molecule has 0 amide bonds. The highest BCUT2D eigenvalue weighted by Crippen LogP contribution is 2.18. The maximum atomic E-state index is 11.3. The first-order valence-electron chi connectivity index (χ1n) is 7.16. The molecule has 0 bridgehead atoms. The Morgan fingerprint density at radius 3 is 2.09 bits per heavy atom.